The number of carbonyl (C=O) groups excluding carboxylic acids is 1. The molecule has 2 aliphatic heterocycles. The van der Waals surface area contributed by atoms with Crippen molar-refractivity contribution in [3.63, 3.8) is 0 Å². The Morgan fingerprint density at radius 1 is 0.967 bits per heavy atom. The van der Waals surface area contributed by atoms with Gasteiger partial charge in [-0.3, -0.25) is 9.52 Å². The molecular formula is C22H28N4O3S. The first-order chi connectivity index (χ1) is 14.3. The molecule has 0 radical (unpaired) electrons. The van der Waals surface area contributed by atoms with Crippen LogP contribution in [0.1, 0.15) is 18.9 Å². The Kier molecular flexibility index (Phi) is 5.71. The highest BCUT2D eigenvalue weighted by molar-refractivity contribution is 7.92. The van der Waals surface area contributed by atoms with Crippen molar-refractivity contribution in [2.24, 2.45) is 0 Å². The van der Waals surface area contributed by atoms with Crippen molar-refractivity contribution in [1.82, 2.24) is 4.90 Å². The first-order valence-electron chi connectivity index (χ1n) is 10.3. The molecule has 1 N–H and O–H groups in total. The summed E-state index contributed by atoms with van der Waals surface area (Å²) >= 11 is 0. The average molecular weight is 429 g/mol. The zero-order valence-corrected chi connectivity index (χ0v) is 18.3. The molecular weight excluding hydrogens is 400 g/mol. The van der Waals surface area contributed by atoms with Crippen molar-refractivity contribution in [2.75, 3.05) is 54.3 Å². The van der Waals surface area contributed by atoms with E-state index >= 15 is 0 Å². The number of piperazine rings is 1. The van der Waals surface area contributed by atoms with E-state index in [1.54, 1.807) is 35.2 Å². The number of fused-ring (bicyclic) bond motifs is 1. The number of benzene rings is 2. The minimum atomic E-state index is -3.70. The summed E-state index contributed by atoms with van der Waals surface area (Å²) in [6.45, 7) is 6.18. The third-order valence-electron chi connectivity index (χ3n) is 5.85. The molecule has 0 saturated carbocycles. The van der Waals surface area contributed by atoms with Gasteiger partial charge in [0.15, 0.2) is 0 Å². The Morgan fingerprint density at radius 3 is 2.33 bits per heavy atom. The second-order valence-corrected chi connectivity index (χ2v) is 9.69. The Labute approximate surface area is 178 Å². The molecule has 7 nitrogen and oxygen atoms in total. The van der Waals surface area contributed by atoms with Gasteiger partial charge in [0.05, 0.1) is 4.90 Å². The van der Waals surface area contributed by atoms with E-state index in [0.29, 0.717) is 12.2 Å². The van der Waals surface area contributed by atoms with Gasteiger partial charge in [0.25, 0.3) is 10.0 Å². The largest absolute Gasteiger partial charge is 0.369 e. The van der Waals surface area contributed by atoms with Crippen molar-refractivity contribution in [3.05, 3.63) is 48.0 Å². The summed E-state index contributed by atoms with van der Waals surface area (Å²) in [5.41, 5.74) is 3.34. The van der Waals surface area contributed by atoms with Gasteiger partial charge < -0.3 is 14.7 Å². The quantitative estimate of drug-likeness (QED) is 0.810. The zero-order valence-electron chi connectivity index (χ0n) is 17.5. The second kappa shape index (κ2) is 8.28. The Hall–Kier alpha value is -2.58. The van der Waals surface area contributed by atoms with Gasteiger partial charge in [0, 0.05) is 56.7 Å². The van der Waals surface area contributed by atoms with Crippen LogP contribution < -0.4 is 14.5 Å². The molecule has 1 fully saturated rings. The van der Waals surface area contributed by atoms with Gasteiger partial charge in [-0.05, 0) is 67.9 Å². The Morgan fingerprint density at radius 2 is 1.67 bits per heavy atom. The third-order valence-corrected chi connectivity index (χ3v) is 7.23. The van der Waals surface area contributed by atoms with Gasteiger partial charge in [0.2, 0.25) is 5.91 Å². The van der Waals surface area contributed by atoms with Crippen LogP contribution in [0.2, 0.25) is 0 Å². The van der Waals surface area contributed by atoms with E-state index in [1.807, 2.05) is 12.1 Å². The number of likely N-dealkylation sites (N-methyl/N-ethyl adjacent to an activating group) is 1. The van der Waals surface area contributed by atoms with Crippen molar-refractivity contribution < 1.29 is 13.2 Å². The van der Waals surface area contributed by atoms with Crippen LogP contribution >= 0.6 is 0 Å². The van der Waals surface area contributed by atoms with E-state index in [1.165, 1.54) is 6.92 Å². The van der Waals surface area contributed by atoms with E-state index in [-0.39, 0.29) is 10.8 Å². The van der Waals surface area contributed by atoms with Gasteiger partial charge >= 0.3 is 0 Å². The standard InChI is InChI=1S/C22H28N4O3S/c1-17(27)26-11-3-4-18-16-21(9-10-22(18)26)30(28,29)23-19-5-7-20(8-6-19)25-14-12-24(2)13-15-25/h5-10,16,23H,3-4,11-15H2,1-2H3. The van der Waals surface area contributed by atoms with Crippen molar-refractivity contribution >= 4 is 33.0 Å². The molecule has 0 unspecified atom stereocenters. The molecule has 8 heteroatoms. The zero-order chi connectivity index (χ0) is 21.3. The van der Waals surface area contributed by atoms with E-state index < -0.39 is 10.0 Å². The van der Waals surface area contributed by atoms with Gasteiger partial charge in [-0.25, -0.2) is 8.42 Å². The van der Waals surface area contributed by atoms with E-state index in [4.69, 9.17) is 0 Å². The number of rotatable bonds is 4. The van der Waals surface area contributed by atoms with Crippen LogP contribution in [0.5, 0.6) is 0 Å². The monoisotopic (exact) mass is 428 g/mol. The molecule has 0 bridgehead atoms. The fourth-order valence-corrected chi connectivity index (χ4v) is 5.20. The number of carbonyl (C=O) groups is 1. The summed E-state index contributed by atoms with van der Waals surface area (Å²) < 4.78 is 28.5. The van der Waals surface area contributed by atoms with Crippen LogP contribution in [-0.2, 0) is 21.2 Å². The molecule has 2 aliphatic rings. The minimum absolute atomic E-state index is 0.0230. The first kappa shape index (κ1) is 20.7. The Bertz CT molecular complexity index is 1030. The number of sulfonamides is 1. The summed E-state index contributed by atoms with van der Waals surface area (Å²) in [6, 6.07) is 12.5. The van der Waals surface area contributed by atoms with Crippen LogP contribution in [0.3, 0.4) is 0 Å². The molecule has 2 aromatic carbocycles. The van der Waals surface area contributed by atoms with Crippen LogP contribution in [0.15, 0.2) is 47.4 Å². The molecule has 0 spiro atoms. The van der Waals surface area contributed by atoms with E-state index in [0.717, 1.165) is 56.0 Å². The highest BCUT2D eigenvalue weighted by Crippen LogP contribution is 2.30. The smallest absolute Gasteiger partial charge is 0.261 e. The lowest BCUT2D eigenvalue weighted by Crippen LogP contribution is -2.44. The number of nitrogens with zero attached hydrogens (tertiary/aromatic N) is 3. The molecule has 30 heavy (non-hydrogen) atoms. The van der Waals surface area contributed by atoms with Crippen LogP contribution in [0.4, 0.5) is 17.1 Å². The lowest BCUT2D eigenvalue weighted by atomic mass is 10.0. The SMILES string of the molecule is CC(=O)N1CCCc2cc(S(=O)(=O)Nc3ccc(N4CCN(C)CC4)cc3)ccc21. The number of anilines is 3. The summed E-state index contributed by atoms with van der Waals surface area (Å²) in [5.74, 6) is -0.0230. The highest BCUT2D eigenvalue weighted by Gasteiger charge is 2.23. The predicted molar refractivity (Wildman–Crippen MR) is 120 cm³/mol. The molecule has 160 valence electrons. The van der Waals surface area contributed by atoms with Gasteiger partial charge in [0.1, 0.15) is 0 Å². The molecule has 0 aliphatic carbocycles. The number of aryl methyl sites for hydroxylation is 1. The summed E-state index contributed by atoms with van der Waals surface area (Å²) in [7, 11) is -1.58. The third kappa shape index (κ3) is 4.29. The van der Waals surface area contributed by atoms with Crippen molar-refractivity contribution in [1.29, 1.82) is 0 Å². The molecule has 4 rings (SSSR count). The second-order valence-electron chi connectivity index (χ2n) is 8.01. The van der Waals surface area contributed by atoms with Crippen LogP contribution in [-0.4, -0.2) is 59.0 Å². The first-order valence-corrected chi connectivity index (χ1v) is 11.8. The fourth-order valence-electron chi connectivity index (χ4n) is 4.09. The Balaban J connectivity index is 1.50. The van der Waals surface area contributed by atoms with Crippen molar-refractivity contribution in [2.45, 2.75) is 24.7 Å². The topological polar surface area (TPSA) is 73.0 Å². The molecule has 2 heterocycles. The lowest BCUT2D eigenvalue weighted by Gasteiger charge is -2.34. The van der Waals surface area contributed by atoms with Crippen molar-refractivity contribution in [3.8, 4) is 0 Å². The maximum absolute atomic E-state index is 12.9. The van der Waals surface area contributed by atoms with Gasteiger partial charge in [-0.2, -0.15) is 0 Å². The summed E-state index contributed by atoms with van der Waals surface area (Å²) in [5, 5.41) is 0. The summed E-state index contributed by atoms with van der Waals surface area (Å²) in [4.78, 5) is 18.4. The lowest BCUT2D eigenvalue weighted by molar-refractivity contribution is -0.116. The normalized spacial score (nSPS) is 17.5. The molecule has 0 aromatic heterocycles. The van der Waals surface area contributed by atoms with Crippen LogP contribution in [0.25, 0.3) is 0 Å². The number of hydrogen-bond donors (Lipinski definition) is 1. The van der Waals surface area contributed by atoms with Gasteiger partial charge in [-0.15, -0.1) is 0 Å². The number of amides is 1. The van der Waals surface area contributed by atoms with E-state index in [9.17, 15) is 13.2 Å². The predicted octanol–water partition coefficient (Wildman–Crippen LogP) is 2.54. The van der Waals surface area contributed by atoms with E-state index in [2.05, 4.69) is 21.6 Å². The molecule has 2 aromatic rings. The summed E-state index contributed by atoms with van der Waals surface area (Å²) in [6.07, 6.45) is 1.60. The fraction of sp³-hybridized carbons (Fsp3) is 0.409. The number of hydrogen-bond acceptors (Lipinski definition) is 5. The van der Waals surface area contributed by atoms with Crippen LogP contribution in [0, 0.1) is 0 Å². The molecule has 0 atom stereocenters. The maximum Gasteiger partial charge on any atom is 0.261 e. The maximum atomic E-state index is 12.9. The average Bonchev–Trinajstić information content (AvgIpc) is 2.73. The minimum Gasteiger partial charge on any atom is -0.369 e. The molecule has 1 amide bonds. The molecule has 1 saturated heterocycles. The number of nitrogens with one attached hydrogen (secondary N) is 1. The highest BCUT2D eigenvalue weighted by atomic mass is 32.2. The van der Waals surface area contributed by atoms with Gasteiger partial charge in [-0.1, -0.05) is 0 Å².